The fraction of sp³-hybridized carbons (Fsp3) is 0.182. The lowest BCUT2D eigenvalue weighted by Crippen LogP contribution is -2.12. The molecule has 1 amide bonds. The van der Waals surface area contributed by atoms with Crippen molar-refractivity contribution < 1.29 is 9.53 Å². The number of amides is 1. The molecular formula is C22H23N3O2. The zero-order valence-corrected chi connectivity index (χ0v) is 15.7. The van der Waals surface area contributed by atoms with Gasteiger partial charge in [-0.15, -0.1) is 0 Å². The number of pyridine rings is 1. The molecule has 2 aromatic carbocycles. The molecule has 0 spiro atoms. The van der Waals surface area contributed by atoms with Crippen molar-refractivity contribution in [2.75, 3.05) is 17.2 Å². The number of nitrogens with one attached hydrogen (secondary N) is 2. The Balaban J connectivity index is 1.65. The summed E-state index contributed by atoms with van der Waals surface area (Å²) >= 11 is 0. The molecule has 0 saturated carbocycles. The number of aromatic nitrogens is 1. The van der Waals surface area contributed by atoms with Crippen LogP contribution < -0.4 is 15.4 Å². The highest BCUT2D eigenvalue weighted by Crippen LogP contribution is 2.21. The number of benzene rings is 2. The third-order valence-corrected chi connectivity index (χ3v) is 4.10. The van der Waals surface area contributed by atoms with Crippen LogP contribution in [0.1, 0.15) is 28.4 Å². The van der Waals surface area contributed by atoms with Crippen LogP contribution in [0.3, 0.4) is 0 Å². The monoisotopic (exact) mass is 361 g/mol. The van der Waals surface area contributed by atoms with Gasteiger partial charge in [0.25, 0.3) is 5.91 Å². The lowest BCUT2D eigenvalue weighted by Gasteiger charge is -2.10. The number of ether oxygens (including phenoxy) is 1. The van der Waals surface area contributed by atoms with E-state index >= 15 is 0 Å². The molecule has 0 bridgehead atoms. The lowest BCUT2D eigenvalue weighted by atomic mass is 10.1. The van der Waals surface area contributed by atoms with Crippen molar-refractivity contribution in [2.45, 2.75) is 20.8 Å². The maximum atomic E-state index is 12.4. The minimum absolute atomic E-state index is 0.204. The average molecular weight is 361 g/mol. The second-order valence-corrected chi connectivity index (χ2v) is 6.29. The van der Waals surface area contributed by atoms with E-state index in [9.17, 15) is 4.79 Å². The summed E-state index contributed by atoms with van der Waals surface area (Å²) in [5.41, 5.74) is 4.53. The van der Waals surface area contributed by atoms with Gasteiger partial charge in [-0.2, -0.15) is 0 Å². The largest absolute Gasteiger partial charge is 0.494 e. The van der Waals surface area contributed by atoms with E-state index in [4.69, 9.17) is 4.74 Å². The van der Waals surface area contributed by atoms with Crippen molar-refractivity contribution in [3.63, 3.8) is 0 Å². The number of carbonyl (C=O) groups excluding carboxylic acids is 1. The average Bonchev–Trinajstić information content (AvgIpc) is 2.67. The van der Waals surface area contributed by atoms with Gasteiger partial charge in [0.2, 0.25) is 0 Å². The molecule has 0 fully saturated rings. The molecule has 5 nitrogen and oxygen atoms in total. The molecular weight excluding hydrogens is 338 g/mol. The quantitative estimate of drug-likeness (QED) is 0.642. The second-order valence-electron chi connectivity index (χ2n) is 6.29. The Morgan fingerprint density at radius 3 is 2.48 bits per heavy atom. The van der Waals surface area contributed by atoms with E-state index in [0.717, 1.165) is 17.0 Å². The van der Waals surface area contributed by atoms with Gasteiger partial charge >= 0.3 is 0 Å². The van der Waals surface area contributed by atoms with Crippen LogP contribution in [0.5, 0.6) is 5.75 Å². The molecule has 5 heteroatoms. The third-order valence-electron chi connectivity index (χ3n) is 4.10. The zero-order chi connectivity index (χ0) is 19.2. The molecule has 0 aliphatic carbocycles. The summed E-state index contributed by atoms with van der Waals surface area (Å²) in [4.78, 5) is 16.7. The van der Waals surface area contributed by atoms with Gasteiger partial charge in [-0.05, 0) is 74.4 Å². The Morgan fingerprint density at radius 1 is 1.04 bits per heavy atom. The summed E-state index contributed by atoms with van der Waals surface area (Å²) in [6.07, 6.45) is 1.57. The maximum absolute atomic E-state index is 12.4. The first-order valence-corrected chi connectivity index (χ1v) is 8.89. The Kier molecular flexibility index (Phi) is 5.71. The van der Waals surface area contributed by atoms with Crippen molar-refractivity contribution in [1.29, 1.82) is 0 Å². The van der Waals surface area contributed by atoms with E-state index in [1.807, 2.05) is 45.0 Å². The molecule has 138 valence electrons. The van der Waals surface area contributed by atoms with Gasteiger partial charge in [-0.25, -0.2) is 4.98 Å². The third kappa shape index (κ3) is 4.85. The Hall–Kier alpha value is -3.34. The highest BCUT2D eigenvalue weighted by atomic mass is 16.5. The Labute approximate surface area is 159 Å². The molecule has 0 saturated heterocycles. The maximum Gasteiger partial charge on any atom is 0.257 e. The molecule has 0 atom stereocenters. The molecule has 0 aliphatic rings. The van der Waals surface area contributed by atoms with E-state index in [2.05, 4.69) is 33.8 Å². The topological polar surface area (TPSA) is 63.2 Å². The Morgan fingerprint density at radius 2 is 1.81 bits per heavy atom. The van der Waals surface area contributed by atoms with Gasteiger partial charge in [0.05, 0.1) is 12.2 Å². The van der Waals surface area contributed by atoms with Crippen LogP contribution in [0.25, 0.3) is 0 Å². The normalized spacial score (nSPS) is 10.3. The van der Waals surface area contributed by atoms with E-state index in [0.29, 0.717) is 23.7 Å². The fourth-order valence-corrected chi connectivity index (χ4v) is 2.62. The molecule has 27 heavy (non-hydrogen) atoms. The number of carbonyl (C=O) groups is 1. The van der Waals surface area contributed by atoms with Crippen molar-refractivity contribution in [1.82, 2.24) is 4.98 Å². The van der Waals surface area contributed by atoms with Crippen LogP contribution in [0.4, 0.5) is 17.2 Å². The summed E-state index contributed by atoms with van der Waals surface area (Å²) in [5, 5.41) is 6.15. The van der Waals surface area contributed by atoms with E-state index in [-0.39, 0.29) is 5.91 Å². The van der Waals surface area contributed by atoms with E-state index < -0.39 is 0 Å². The standard InChI is InChI=1S/C22H23N3O2/c1-4-27-19-10-8-18(9-11-19)24-22(26)17-7-12-21(23-14-17)25-20-13-15(2)5-6-16(20)3/h5-14H,4H2,1-3H3,(H,23,25)(H,24,26). The van der Waals surface area contributed by atoms with Gasteiger partial charge in [-0.1, -0.05) is 12.1 Å². The summed E-state index contributed by atoms with van der Waals surface area (Å²) < 4.78 is 5.40. The summed E-state index contributed by atoms with van der Waals surface area (Å²) in [6.45, 7) is 6.63. The first kappa shape index (κ1) is 18.5. The van der Waals surface area contributed by atoms with Crippen LogP contribution in [-0.4, -0.2) is 17.5 Å². The smallest absolute Gasteiger partial charge is 0.257 e. The molecule has 3 rings (SSSR count). The van der Waals surface area contributed by atoms with E-state index in [1.54, 1.807) is 18.3 Å². The highest BCUT2D eigenvalue weighted by molar-refractivity contribution is 6.04. The van der Waals surface area contributed by atoms with Crippen LogP contribution >= 0.6 is 0 Å². The minimum Gasteiger partial charge on any atom is -0.494 e. The molecule has 0 aliphatic heterocycles. The number of anilines is 3. The molecule has 0 unspecified atom stereocenters. The van der Waals surface area contributed by atoms with Crippen LogP contribution in [0, 0.1) is 13.8 Å². The predicted octanol–water partition coefficient (Wildman–Crippen LogP) is 5.09. The summed E-state index contributed by atoms with van der Waals surface area (Å²) in [5.74, 6) is 1.27. The van der Waals surface area contributed by atoms with E-state index in [1.165, 1.54) is 5.56 Å². The van der Waals surface area contributed by atoms with Crippen LogP contribution in [0.2, 0.25) is 0 Å². The van der Waals surface area contributed by atoms with Gasteiger partial charge in [-0.3, -0.25) is 4.79 Å². The van der Waals surface area contributed by atoms with Gasteiger partial charge in [0, 0.05) is 17.6 Å². The molecule has 1 heterocycles. The fourth-order valence-electron chi connectivity index (χ4n) is 2.62. The highest BCUT2D eigenvalue weighted by Gasteiger charge is 2.08. The summed E-state index contributed by atoms with van der Waals surface area (Å²) in [7, 11) is 0. The van der Waals surface area contributed by atoms with Gasteiger partial charge < -0.3 is 15.4 Å². The van der Waals surface area contributed by atoms with Crippen LogP contribution in [-0.2, 0) is 0 Å². The summed E-state index contributed by atoms with van der Waals surface area (Å²) in [6, 6.07) is 17.0. The predicted molar refractivity (Wildman–Crippen MR) is 109 cm³/mol. The van der Waals surface area contributed by atoms with Gasteiger partial charge in [0.15, 0.2) is 0 Å². The van der Waals surface area contributed by atoms with Crippen molar-refractivity contribution >= 4 is 23.1 Å². The number of rotatable bonds is 6. The zero-order valence-electron chi connectivity index (χ0n) is 15.7. The molecule has 1 aromatic heterocycles. The molecule has 2 N–H and O–H groups in total. The van der Waals surface area contributed by atoms with Gasteiger partial charge in [0.1, 0.15) is 11.6 Å². The Bertz CT molecular complexity index is 919. The number of hydrogen-bond acceptors (Lipinski definition) is 4. The second kappa shape index (κ2) is 8.36. The lowest BCUT2D eigenvalue weighted by molar-refractivity contribution is 0.102. The van der Waals surface area contributed by atoms with Crippen molar-refractivity contribution in [3.05, 3.63) is 77.5 Å². The number of aryl methyl sites for hydroxylation is 2. The molecule has 3 aromatic rings. The minimum atomic E-state index is -0.204. The SMILES string of the molecule is CCOc1ccc(NC(=O)c2ccc(Nc3cc(C)ccc3C)nc2)cc1. The van der Waals surface area contributed by atoms with Crippen molar-refractivity contribution in [2.24, 2.45) is 0 Å². The van der Waals surface area contributed by atoms with Crippen molar-refractivity contribution in [3.8, 4) is 5.75 Å². The number of nitrogens with zero attached hydrogens (tertiary/aromatic N) is 1. The first-order chi connectivity index (χ1) is 13.0. The molecule has 0 radical (unpaired) electrons. The number of hydrogen-bond donors (Lipinski definition) is 2. The van der Waals surface area contributed by atoms with Crippen LogP contribution in [0.15, 0.2) is 60.8 Å². The first-order valence-electron chi connectivity index (χ1n) is 8.89.